The summed E-state index contributed by atoms with van der Waals surface area (Å²) in [6.45, 7) is 6.16. The molecule has 0 aromatic heterocycles. The van der Waals surface area contributed by atoms with Crippen molar-refractivity contribution in [2.45, 2.75) is 33.1 Å². The Morgan fingerprint density at radius 1 is 1.27 bits per heavy atom. The Morgan fingerprint density at radius 2 is 1.80 bits per heavy atom. The number of nitrogens with two attached hydrogens (primary N) is 1. The zero-order valence-corrected chi connectivity index (χ0v) is 10.5. The van der Waals surface area contributed by atoms with Crippen LogP contribution in [0.15, 0.2) is 0 Å². The van der Waals surface area contributed by atoms with Gasteiger partial charge in [-0.05, 0) is 31.2 Å². The number of hydrogen-bond donors (Lipinski definition) is 1. The second-order valence-electron chi connectivity index (χ2n) is 5.02. The largest absolute Gasteiger partial charge is 0.330 e. The van der Waals surface area contributed by atoms with Crippen molar-refractivity contribution < 1.29 is 8.42 Å². The standard InChI is InChI=1S/C10H22N2O2S/c1-10(2)4-7-12(8-5-10)15(13,14)9-3-6-11/h3-9,11H2,1-2H3. The smallest absolute Gasteiger partial charge is 0.214 e. The van der Waals surface area contributed by atoms with Crippen LogP contribution in [0.3, 0.4) is 0 Å². The van der Waals surface area contributed by atoms with Crippen LogP contribution in [0.5, 0.6) is 0 Å². The maximum atomic E-state index is 11.8. The fourth-order valence-electron chi connectivity index (χ4n) is 1.76. The lowest BCUT2D eigenvalue weighted by atomic mass is 9.83. The Kier molecular flexibility index (Phi) is 4.14. The highest BCUT2D eigenvalue weighted by molar-refractivity contribution is 7.89. The molecule has 0 unspecified atom stereocenters. The van der Waals surface area contributed by atoms with Crippen LogP contribution in [-0.4, -0.2) is 38.1 Å². The van der Waals surface area contributed by atoms with Crippen LogP contribution in [0.1, 0.15) is 33.1 Å². The van der Waals surface area contributed by atoms with E-state index in [1.54, 1.807) is 4.31 Å². The molecule has 1 aliphatic rings. The molecule has 0 aromatic rings. The Balaban J connectivity index is 2.52. The molecule has 1 aliphatic heterocycles. The average Bonchev–Trinajstić information content (AvgIpc) is 2.14. The summed E-state index contributed by atoms with van der Waals surface area (Å²) < 4.78 is 25.3. The zero-order chi connectivity index (χ0) is 11.5. The van der Waals surface area contributed by atoms with E-state index in [9.17, 15) is 8.42 Å². The molecule has 2 N–H and O–H groups in total. The quantitative estimate of drug-likeness (QED) is 0.782. The van der Waals surface area contributed by atoms with Gasteiger partial charge in [0.2, 0.25) is 10.0 Å². The zero-order valence-electron chi connectivity index (χ0n) is 9.70. The van der Waals surface area contributed by atoms with Crippen molar-refractivity contribution in [2.24, 2.45) is 11.1 Å². The first-order valence-corrected chi connectivity index (χ1v) is 7.16. The molecule has 0 aromatic carbocycles. The molecule has 90 valence electrons. The van der Waals surface area contributed by atoms with E-state index < -0.39 is 10.0 Å². The molecule has 1 rings (SSSR count). The Labute approximate surface area is 92.9 Å². The van der Waals surface area contributed by atoms with Gasteiger partial charge >= 0.3 is 0 Å². The van der Waals surface area contributed by atoms with Crippen molar-refractivity contribution in [3.63, 3.8) is 0 Å². The lowest BCUT2D eigenvalue weighted by Crippen LogP contribution is -2.42. The van der Waals surface area contributed by atoms with E-state index >= 15 is 0 Å². The summed E-state index contributed by atoms with van der Waals surface area (Å²) in [5.74, 6) is 0.198. The average molecular weight is 234 g/mol. The van der Waals surface area contributed by atoms with E-state index in [-0.39, 0.29) is 5.75 Å². The Morgan fingerprint density at radius 3 is 2.27 bits per heavy atom. The summed E-state index contributed by atoms with van der Waals surface area (Å²) >= 11 is 0. The maximum absolute atomic E-state index is 11.8. The summed E-state index contributed by atoms with van der Waals surface area (Å²) in [6.07, 6.45) is 2.46. The van der Waals surface area contributed by atoms with Crippen LogP contribution >= 0.6 is 0 Å². The van der Waals surface area contributed by atoms with E-state index in [4.69, 9.17) is 5.73 Å². The Bertz CT molecular complexity index is 289. The molecule has 0 spiro atoms. The maximum Gasteiger partial charge on any atom is 0.214 e. The van der Waals surface area contributed by atoms with Gasteiger partial charge in [0, 0.05) is 13.1 Å². The van der Waals surface area contributed by atoms with Gasteiger partial charge in [-0.2, -0.15) is 0 Å². The highest BCUT2D eigenvalue weighted by Gasteiger charge is 2.31. The monoisotopic (exact) mass is 234 g/mol. The number of nitrogens with zero attached hydrogens (tertiary/aromatic N) is 1. The minimum absolute atomic E-state index is 0.198. The first-order chi connectivity index (χ1) is 6.87. The minimum Gasteiger partial charge on any atom is -0.330 e. The van der Waals surface area contributed by atoms with Crippen LogP contribution in [0.2, 0.25) is 0 Å². The number of sulfonamides is 1. The molecule has 5 heteroatoms. The van der Waals surface area contributed by atoms with Gasteiger partial charge in [-0.1, -0.05) is 13.8 Å². The van der Waals surface area contributed by atoms with Gasteiger partial charge in [-0.3, -0.25) is 0 Å². The molecular weight excluding hydrogens is 212 g/mol. The van der Waals surface area contributed by atoms with Gasteiger partial charge in [0.05, 0.1) is 5.75 Å². The third-order valence-electron chi connectivity index (χ3n) is 3.08. The summed E-state index contributed by atoms with van der Waals surface area (Å²) in [5.41, 5.74) is 5.62. The third-order valence-corrected chi connectivity index (χ3v) is 5.03. The number of hydrogen-bond acceptors (Lipinski definition) is 3. The third kappa shape index (κ3) is 3.74. The van der Waals surface area contributed by atoms with E-state index in [2.05, 4.69) is 13.8 Å². The number of rotatable bonds is 4. The van der Waals surface area contributed by atoms with Crippen molar-refractivity contribution >= 4 is 10.0 Å². The normalized spacial score (nSPS) is 22.9. The van der Waals surface area contributed by atoms with Crippen molar-refractivity contribution in [2.75, 3.05) is 25.4 Å². The van der Waals surface area contributed by atoms with Crippen molar-refractivity contribution in [3.05, 3.63) is 0 Å². The summed E-state index contributed by atoms with van der Waals surface area (Å²) in [7, 11) is -3.04. The van der Waals surface area contributed by atoms with Crippen LogP contribution in [0.25, 0.3) is 0 Å². The fourth-order valence-corrected chi connectivity index (χ4v) is 3.29. The van der Waals surface area contributed by atoms with Crippen LogP contribution in [-0.2, 0) is 10.0 Å². The highest BCUT2D eigenvalue weighted by Crippen LogP contribution is 2.30. The lowest BCUT2D eigenvalue weighted by Gasteiger charge is -2.36. The summed E-state index contributed by atoms with van der Waals surface area (Å²) in [4.78, 5) is 0. The van der Waals surface area contributed by atoms with Crippen LogP contribution in [0.4, 0.5) is 0 Å². The van der Waals surface area contributed by atoms with Gasteiger partial charge in [0.1, 0.15) is 0 Å². The first-order valence-electron chi connectivity index (χ1n) is 5.55. The molecule has 1 fully saturated rings. The minimum atomic E-state index is -3.04. The molecule has 1 saturated heterocycles. The summed E-state index contributed by atoms with van der Waals surface area (Å²) in [6, 6.07) is 0. The molecule has 0 atom stereocenters. The predicted octanol–water partition coefficient (Wildman–Crippen LogP) is 0.787. The van der Waals surface area contributed by atoms with E-state index in [1.165, 1.54) is 0 Å². The van der Waals surface area contributed by atoms with Gasteiger partial charge in [-0.15, -0.1) is 0 Å². The molecule has 0 saturated carbocycles. The summed E-state index contributed by atoms with van der Waals surface area (Å²) in [5, 5.41) is 0. The predicted molar refractivity (Wildman–Crippen MR) is 62.0 cm³/mol. The Hall–Kier alpha value is -0.130. The highest BCUT2D eigenvalue weighted by atomic mass is 32.2. The second-order valence-corrected chi connectivity index (χ2v) is 7.11. The lowest BCUT2D eigenvalue weighted by molar-refractivity contribution is 0.196. The SMILES string of the molecule is CC1(C)CCN(S(=O)(=O)CCCN)CC1. The molecular formula is C10H22N2O2S. The van der Waals surface area contributed by atoms with Crippen molar-refractivity contribution in [1.29, 1.82) is 0 Å². The molecule has 0 amide bonds. The van der Waals surface area contributed by atoms with E-state index in [0.29, 0.717) is 31.5 Å². The second kappa shape index (κ2) is 4.80. The molecule has 0 radical (unpaired) electrons. The van der Waals surface area contributed by atoms with E-state index in [0.717, 1.165) is 12.8 Å². The molecule has 1 heterocycles. The first kappa shape index (κ1) is 12.9. The van der Waals surface area contributed by atoms with Gasteiger partial charge in [0.15, 0.2) is 0 Å². The van der Waals surface area contributed by atoms with Crippen LogP contribution < -0.4 is 5.73 Å². The molecule has 15 heavy (non-hydrogen) atoms. The molecule has 4 nitrogen and oxygen atoms in total. The topological polar surface area (TPSA) is 63.4 Å². The van der Waals surface area contributed by atoms with Gasteiger partial charge in [-0.25, -0.2) is 12.7 Å². The van der Waals surface area contributed by atoms with Crippen molar-refractivity contribution in [3.8, 4) is 0 Å². The van der Waals surface area contributed by atoms with Gasteiger partial charge in [0.25, 0.3) is 0 Å². The van der Waals surface area contributed by atoms with E-state index in [1.807, 2.05) is 0 Å². The number of piperidine rings is 1. The van der Waals surface area contributed by atoms with Crippen molar-refractivity contribution in [1.82, 2.24) is 4.31 Å². The fraction of sp³-hybridized carbons (Fsp3) is 1.00. The van der Waals surface area contributed by atoms with Gasteiger partial charge < -0.3 is 5.73 Å². The van der Waals surface area contributed by atoms with Crippen LogP contribution in [0, 0.1) is 5.41 Å². The molecule has 0 aliphatic carbocycles. The molecule has 0 bridgehead atoms.